The van der Waals surface area contributed by atoms with E-state index < -0.39 is 93.4 Å². The molecule has 40 heteroatoms. The van der Waals surface area contributed by atoms with Gasteiger partial charge in [0.15, 0.2) is 45.3 Å². The number of nitrogens with one attached hydrogen (secondary N) is 9. The number of hydrogen-bond acceptors (Lipinski definition) is 25. The summed E-state index contributed by atoms with van der Waals surface area (Å²) in [5.74, 6) is -3.30. The number of halogens is 2. The number of amides is 16. The van der Waals surface area contributed by atoms with Crippen LogP contribution in [0.2, 0.25) is 0 Å². The van der Waals surface area contributed by atoms with Crippen molar-refractivity contribution < 1.29 is 103 Å². The van der Waals surface area contributed by atoms with Crippen molar-refractivity contribution in [3.63, 3.8) is 0 Å². The predicted octanol–water partition coefficient (Wildman–Crippen LogP) is 5.38. The molecule has 0 spiro atoms. The molecule has 0 saturated carbocycles. The second-order valence-corrected chi connectivity index (χ2v) is 28.8. The number of aromatic amines is 1. The number of methoxy groups -OCH3 is 4. The third-order valence-corrected chi connectivity index (χ3v) is 21.5. The van der Waals surface area contributed by atoms with Crippen LogP contribution in [0.4, 0.5) is 28.0 Å². The third-order valence-electron chi connectivity index (χ3n) is 21.5. The maximum Gasteiger partial charge on any atom is 0.322 e. The number of fused-ring (bicyclic) bond motifs is 8. The lowest BCUT2D eigenvalue weighted by atomic mass is 9.95. The summed E-state index contributed by atoms with van der Waals surface area (Å²) in [6.45, 7) is 1.73. The number of ether oxygens (including phenoxy) is 4. The molecule has 16 amide bonds. The van der Waals surface area contributed by atoms with Gasteiger partial charge in [0, 0.05) is 102 Å². The average Bonchev–Trinajstić information content (AvgIpc) is 1.61. The van der Waals surface area contributed by atoms with Crippen molar-refractivity contribution in [1.29, 1.82) is 0 Å². The fourth-order valence-electron chi connectivity index (χ4n) is 15.6. The molecule has 0 radical (unpaired) electrons. The Morgan fingerprint density at radius 3 is 1.28 bits per heavy atom. The molecule has 20 rings (SSSR count). The topological polar surface area (TPSA) is 488 Å². The summed E-state index contributed by atoms with van der Waals surface area (Å²) in [7, 11) is 5.66. The highest BCUT2D eigenvalue weighted by Crippen LogP contribution is 2.42. The molecule has 38 nitrogen and oxygen atoms in total. The first-order valence-corrected chi connectivity index (χ1v) is 36.4. The van der Waals surface area contributed by atoms with Crippen LogP contribution in [-0.4, -0.2) is 171 Å². The van der Waals surface area contributed by atoms with Crippen molar-refractivity contribution in [2.75, 3.05) is 54.6 Å². The van der Waals surface area contributed by atoms with Crippen LogP contribution >= 0.6 is 0 Å². The monoisotopic (exact) mass is 1640 g/mol. The van der Waals surface area contributed by atoms with Gasteiger partial charge >= 0.3 is 24.1 Å². The Hall–Kier alpha value is -15.9. The number of furan rings is 4. The van der Waals surface area contributed by atoms with E-state index in [1.165, 1.54) is 90.9 Å². The first-order valence-electron chi connectivity index (χ1n) is 36.4. The summed E-state index contributed by atoms with van der Waals surface area (Å²) in [5.41, 5.74) is -1.65. The average molecular weight is 1640 g/mol. The van der Waals surface area contributed by atoms with E-state index in [9.17, 15) is 71.1 Å². The second kappa shape index (κ2) is 29.1. The Balaban J connectivity index is 0.000000114. The fourth-order valence-corrected chi connectivity index (χ4v) is 15.6. The molecule has 12 aromatic rings. The maximum atomic E-state index is 14.7. The molecule has 4 atom stereocenters. The molecule has 608 valence electrons. The Labute approximate surface area is 671 Å². The minimum absolute atomic E-state index is 0.0460. The number of H-pyrrole nitrogens is 1. The van der Waals surface area contributed by atoms with Crippen LogP contribution in [-0.2, 0) is 67.5 Å². The molecule has 8 aliphatic heterocycles. The normalized spacial score (nSPS) is 20.5. The van der Waals surface area contributed by atoms with Crippen LogP contribution in [0.25, 0.3) is 44.0 Å². The van der Waals surface area contributed by atoms with E-state index in [0.29, 0.717) is 84.5 Å². The van der Waals surface area contributed by atoms with Gasteiger partial charge in [-0.25, -0.2) is 32.9 Å². The standard InChI is InChI=1S/2C20H15FN4O5.C20H17N5O5.C20H16N4O6/c1-29-15-6-12-11(4-13(15)21)8-25(17(12)26)9-20(18(27)23-19(28)24-20)16-5-10-7-22-3-2-14(10)30-16;1-29-13-3-2-10-8-25(17(26)15(10)16(13)21)9-20(18(27)23-19(28)24-20)14-6-11-7-22-5-4-12(11)30-14;1-10-21-7-12-5-15(30-16(12)22-10)20(18(27)23-19(28)24-20)9-25-8-11-3-4-13(29-2)6-14(11)17(25)26;1-29-12-3-2-10-8-24(17(26)13(10)5-12)9-20(18(27)22-19(28)23-20)15-4-11-7-21-16(25)6-14(11)30-15/h2*2-7H,8-9H2,1H3,(H2,23,24,27,28);3-7H,8-9H2,1-2H3,(H2,23,24,27,28);2-7H,8-9H2,1H3,(H,21,25)(H2,22,23,27,28)/t4*20-/m0000/s1. The van der Waals surface area contributed by atoms with Gasteiger partial charge in [-0.1, -0.05) is 18.2 Å². The zero-order chi connectivity index (χ0) is 84.2. The van der Waals surface area contributed by atoms with Crippen LogP contribution in [0.5, 0.6) is 23.0 Å². The van der Waals surface area contributed by atoms with E-state index >= 15 is 0 Å². The molecular weight excluding hydrogens is 1570 g/mol. The lowest BCUT2D eigenvalue weighted by Gasteiger charge is -2.29. The largest absolute Gasteiger partial charge is 0.497 e. The zero-order valence-electron chi connectivity index (χ0n) is 63.3. The highest BCUT2D eigenvalue weighted by Gasteiger charge is 2.58. The zero-order valence-corrected chi connectivity index (χ0v) is 63.3. The van der Waals surface area contributed by atoms with Crippen molar-refractivity contribution >= 4 is 115 Å². The molecule has 9 N–H and O–H groups in total. The van der Waals surface area contributed by atoms with Gasteiger partial charge in [0.2, 0.25) is 5.71 Å². The summed E-state index contributed by atoms with van der Waals surface area (Å²) in [6.07, 6.45) is 9.23. The number of urea groups is 4. The van der Waals surface area contributed by atoms with Crippen molar-refractivity contribution in [3.05, 3.63) is 236 Å². The van der Waals surface area contributed by atoms with E-state index in [-0.39, 0.29) is 114 Å². The Morgan fingerprint density at radius 2 is 0.833 bits per heavy atom. The molecule has 8 aromatic heterocycles. The van der Waals surface area contributed by atoms with Gasteiger partial charge in [0.1, 0.15) is 57.1 Å². The Morgan fingerprint density at radius 1 is 0.417 bits per heavy atom. The lowest BCUT2D eigenvalue weighted by molar-refractivity contribution is -0.126. The number of aryl methyl sites for hydroxylation is 1. The van der Waals surface area contributed by atoms with Crippen LogP contribution in [0.15, 0.2) is 163 Å². The predicted molar refractivity (Wildman–Crippen MR) is 406 cm³/mol. The van der Waals surface area contributed by atoms with Gasteiger partial charge < -0.3 is 82.5 Å². The van der Waals surface area contributed by atoms with Crippen LogP contribution < -0.4 is 67.0 Å². The number of aromatic nitrogens is 5. The number of hydrogen-bond donors (Lipinski definition) is 9. The number of nitrogens with zero attached hydrogens (tertiary/aromatic N) is 8. The van der Waals surface area contributed by atoms with Gasteiger partial charge in [0.05, 0.1) is 65.6 Å². The van der Waals surface area contributed by atoms with Crippen LogP contribution in [0.1, 0.15) is 92.6 Å². The number of carbonyl (C=O) groups excluding carboxylic acids is 12. The minimum Gasteiger partial charge on any atom is -0.497 e. The SMILES string of the molecule is COc1cc2c(cc1F)CN(C[C@@]1(c3cc4cnccc4o3)NC(=O)NC1=O)C2=O.COc1ccc2c(c1)C(=O)N(C[C@@]1(c3cc4c[nH]c(=O)cc4o3)NC(=O)NC1=O)C2.COc1ccc2c(c1)C(=O)N(C[C@@]1(c3cc4cnc(C)nc4o3)NC(=O)NC1=O)C2.COc1ccc2c(c1F)C(=O)N(C[C@@]1(c3cc4cnccc4o3)NC(=O)NC1=O)C2. The highest BCUT2D eigenvalue weighted by molar-refractivity contribution is 6.12. The van der Waals surface area contributed by atoms with Crippen molar-refractivity contribution in [3.8, 4) is 23.0 Å². The summed E-state index contributed by atoms with van der Waals surface area (Å²) in [4.78, 5) is 187. The second-order valence-electron chi connectivity index (χ2n) is 28.8. The molecule has 8 aliphatic rings. The highest BCUT2D eigenvalue weighted by atomic mass is 19.1. The Bertz CT molecular complexity index is 6490. The van der Waals surface area contributed by atoms with E-state index in [1.807, 2.05) is 6.07 Å². The number of carbonyl (C=O) groups is 12. The first-order chi connectivity index (χ1) is 57.6. The molecular formula is C80H63F2N17O21. The van der Waals surface area contributed by atoms with Gasteiger partial charge in [-0.05, 0) is 108 Å². The van der Waals surface area contributed by atoms with E-state index in [1.54, 1.807) is 98.3 Å². The van der Waals surface area contributed by atoms with E-state index in [4.69, 9.17) is 36.6 Å². The Kier molecular flexibility index (Phi) is 18.6. The van der Waals surface area contributed by atoms with Crippen LogP contribution in [0.3, 0.4) is 0 Å². The van der Waals surface area contributed by atoms with Gasteiger partial charge in [-0.3, -0.25) is 74.4 Å². The van der Waals surface area contributed by atoms with Gasteiger partial charge in [-0.2, -0.15) is 4.98 Å². The van der Waals surface area contributed by atoms with E-state index in [2.05, 4.69) is 67.5 Å². The molecule has 16 heterocycles. The van der Waals surface area contributed by atoms with Crippen molar-refractivity contribution in [1.82, 2.24) is 87.1 Å². The molecule has 4 saturated heterocycles. The van der Waals surface area contributed by atoms with Gasteiger partial charge in [0.25, 0.3) is 52.8 Å². The molecule has 0 unspecified atom stereocenters. The maximum absolute atomic E-state index is 14.7. The molecule has 120 heavy (non-hydrogen) atoms. The van der Waals surface area contributed by atoms with Gasteiger partial charge in [-0.15, -0.1) is 0 Å². The lowest BCUT2D eigenvalue weighted by Crippen LogP contribution is -2.52. The van der Waals surface area contributed by atoms with Crippen molar-refractivity contribution in [2.24, 2.45) is 0 Å². The number of imide groups is 4. The number of benzene rings is 4. The number of rotatable bonds is 16. The minimum atomic E-state index is -1.66. The summed E-state index contributed by atoms with van der Waals surface area (Å²) in [6, 6.07) is 24.2. The quantitative estimate of drug-likeness (QED) is 0.0548. The first kappa shape index (κ1) is 76.7. The van der Waals surface area contributed by atoms with E-state index in [0.717, 1.165) is 11.1 Å². The summed E-state index contributed by atoms with van der Waals surface area (Å²) < 4.78 is 72.3. The molecule has 0 aliphatic carbocycles. The summed E-state index contributed by atoms with van der Waals surface area (Å²) >= 11 is 0. The van der Waals surface area contributed by atoms with Crippen LogP contribution in [0, 0.1) is 18.6 Å². The molecule has 4 fully saturated rings. The smallest absolute Gasteiger partial charge is 0.322 e. The molecule has 4 aromatic carbocycles. The fraction of sp³-hybridized carbons (Fsp3) is 0.212. The van der Waals surface area contributed by atoms with Crippen molar-refractivity contribution in [2.45, 2.75) is 55.3 Å². The third kappa shape index (κ3) is 13.0. The number of pyridine rings is 3. The summed E-state index contributed by atoms with van der Waals surface area (Å²) in [5, 5.41) is 21.7. The molecule has 0 bridgehead atoms.